The lowest BCUT2D eigenvalue weighted by molar-refractivity contribution is -0.163. The lowest BCUT2D eigenvalue weighted by Crippen LogP contribution is -2.61. The van der Waals surface area contributed by atoms with Gasteiger partial charge in [0.1, 0.15) is 5.92 Å². The van der Waals surface area contributed by atoms with Gasteiger partial charge in [-0.15, -0.1) is 0 Å². The number of hydrogen-bond donors (Lipinski definition) is 1. The number of fused-ring (bicyclic) bond motifs is 2. The quantitative estimate of drug-likeness (QED) is 0.754. The van der Waals surface area contributed by atoms with Gasteiger partial charge in [0, 0.05) is 11.6 Å². The number of methoxy groups -OCH3 is 1. The van der Waals surface area contributed by atoms with Crippen molar-refractivity contribution in [1.29, 1.82) is 0 Å². The normalized spacial score (nSPS) is 41.5. The minimum atomic E-state index is -0.544. The SMILES string of the molecule is CCCC12CCC(C[C@H](O)C1C(=O)OC)N2C. The van der Waals surface area contributed by atoms with Gasteiger partial charge in [-0.25, -0.2) is 0 Å². The summed E-state index contributed by atoms with van der Waals surface area (Å²) in [6.07, 6.45) is 4.22. The van der Waals surface area contributed by atoms with E-state index in [2.05, 4.69) is 18.9 Å². The molecule has 0 aromatic heterocycles. The fraction of sp³-hybridized carbons (Fsp3) is 0.923. The van der Waals surface area contributed by atoms with E-state index >= 15 is 0 Å². The Morgan fingerprint density at radius 2 is 2.29 bits per heavy atom. The molecular weight excluding hydrogens is 218 g/mol. The van der Waals surface area contributed by atoms with Crippen LogP contribution >= 0.6 is 0 Å². The van der Waals surface area contributed by atoms with Crippen molar-refractivity contribution >= 4 is 5.97 Å². The predicted molar refractivity (Wildman–Crippen MR) is 64.6 cm³/mol. The maximum absolute atomic E-state index is 12.0. The second-order valence-corrected chi connectivity index (χ2v) is 5.46. The summed E-state index contributed by atoms with van der Waals surface area (Å²) in [7, 11) is 3.50. The average molecular weight is 241 g/mol. The predicted octanol–water partition coefficient (Wildman–Crippen LogP) is 1.17. The maximum atomic E-state index is 12.0. The van der Waals surface area contributed by atoms with Gasteiger partial charge in [-0.1, -0.05) is 13.3 Å². The van der Waals surface area contributed by atoms with Gasteiger partial charge < -0.3 is 9.84 Å². The summed E-state index contributed by atoms with van der Waals surface area (Å²) in [5.41, 5.74) is -0.176. The van der Waals surface area contributed by atoms with E-state index in [1.807, 2.05) is 0 Å². The molecule has 0 spiro atoms. The second kappa shape index (κ2) is 4.58. The van der Waals surface area contributed by atoms with Crippen LogP contribution in [0.2, 0.25) is 0 Å². The first kappa shape index (κ1) is 12.8. The molecule has 0 amide bonds. The van der Waals surface area contributed by atoms with E-state index in [0.29, 0.717) is 12.5 Å². The van der Waals surface area contributed by atoms with Gasteiger partial charge in [0.25, 0.3) is 0 Å². The Balaban J connectivity index is 2.34. The fourth-order valence-electron chi connectivity index (χ4n) is 3.97. The highest BCUT2D eigenvalue weighted by Gasteiger charge is 2.58. The Bertz CT molecular complexity index is 303. The van der Waals surface area contributed by atoms with Crippen molar-refractivity contribution in [3.8, 4) is 0 Å². The van der Waals surface area contributed by atoms with Crippen molar-refractivity contribution in [2.75, 3.05) is 14.2 Å². The molecule has 2 fully saturated rings. The number of rotatable bonds is 3. The Hall–Kier alpha value is -0.610. The van der Waals surface area contributed by atoms with Gasteiger partial charge >= 0.3 is 5.97 Å². The van der Waals surface area contributed by atoms with Crippen molar-refractivity contribution < 1.29 is 14.6 Å². The Morgan fingerprint density at radius 3 is 2.88 bits per heavy atom. The zero-order valence-electron chi connectivity index (χ0n) is 11.0. The van der Waals surface area contributed by atoms with Crippen molar-refractivity contribution in [3.63, 3.8) is 0 Å². The fourth-order valence-corrected chi connectivity index (χ4v) is 3.97. The van der Waals surface area contributed by atoms with Gasteiger partial charge in [-0.2, -0.15) is 0 Å². The molecule has 4 atom stereocenters. The summed E-state index contributed by atoms with van der Waals surface area (Å²) in [6, 6.07) is 0.428. The lowest BCUT2D eigenvalue weighted by atomic mass is 9.73. The molecule has 0 aromatic rings. The number of carbonyl (C=O) groups excluding carboxylic acids is 1. The number of aliphatic hydroxyl groups is 1. The maximum Gasteiger partial charge on any atom is 0.313 e. The molecule has 0 saturated carbocycles. The van der Waals surface area contributed by atoms with Crippen LogP contribution in [0.1, 0.15) is 39.0 Å². The van der Waals surface area contributed by atoms with Gasteiger partial charge in [0.2, 0.25) is 0 Å². The van der Waals surface area contributed by atoms with Crippen molar-refractivity contribution in [2.24, 2.45) is 5.92 Å². The molecular formula is C13H23NO3. The van der Waals surface area contributed by atoms with Crippen LogP contribution < -0.4 is 0 Å². The molecule has 4 heteroatoms. The summed E-state index contributed by atoms with van der Waals surface area (Å²) >= 11 is 0. The molecule has 2 aliphatic rings. The topological polar surface area (TPSA) is 49.8 Å². The number of aliphatic hydroxyl groups excluding tert-OH is 1. The molecule has 3 unspecified atom stereocenters. The average Bonchev–Trinajstić information content (AvgIpc) is 2.51. The van der Waals surface area contributed by atoms with E-state index in [1.54, 1.807) is 0 Å². The Kier molecular flexibility index (Phi) is 3.46. The molecule has 17 heavy (non-hydrogen) atoms. The van der Waals surface area contributed by atoms with E-state index in [-0.39, 0.29) is 17.4 Å². The highest BCUT2D eigenvalue weighted by atomic mass is 16.5. The van der Waals surface area contributed by atoms with Gasteiger partial charge in [-0.3, -0.25) is 9.69 Å². The minimum Gasteiger partial charge on any atom is -0.469 e. The Labute approximate surface area is 103 Å². The smallest absolute Gasteiger partial charge is 0.313 e. The van der Waals surface area contributed by atoms with Crippen LogP contribution in [0.3, 0.4) is 0 Å². The zero-order chi connectivity index (χ0) is 12.6. The van der Waals surface area contributed by atoms with Crippen molar-refractivity contribution in [1.82, 2.24) is 4.90 Å². The van der Waals surface area contributed by atoms with Gasteiger partial charge in [-0.05, 0) is 32.7 Å². The first-order valence-electron chi connectivity index (χ1n) is 6.55. The van der Waals surface area contributed by atoms with Gasteiger partial charge in [0.15, 0.2) is 0 Å². The summed E-state index contributed by atoms with van der Waals surface area (Å²) in [6.45, 7) is 2.13. The standard InChI is InChI=1S/C13H23NO3/c1-4-6-13-7-5-9(14(13)2)8-10(15)11(13)12(16)17-3/h9-11,15H,4-8H2,1-3H3/t9?,10-,11?,13?/m0/s1. The molecule has 0 aliphatic carbocycles. The van der Waals surface area contributed by atoms with Gasteiger partial charge in [0.05, 0.1) is 13.2 Å². The van der Waals surface area contributed by atoms with Crippen LogP contribution in [0.25, 0.3) is 0 Å². The number of esters is 1. The van der Waals surface area contributed by atoms with Crippen LogP contribution in [0, 0.1) is 5.92 Å². The molecule has 2 rings (SSSR count). The van der Waals surface area contributed by atoms with E-state index in [1.165, 1.54) is 7.11 Å². The highest BCUT2D eigenvalue weighted by Crippen LogP contribution is 2.49. The van der Waals surface area contributed by atoms with Crippen molar-refractivity contribution in [2.45, 2.75) is 56.7 Å². The summed E-state index contributed by atoms with van der Waals surface area (Å²) in [5.74, 6) is -0.630. The van der Waals surface area contributed by atoms with E-state index in [0.717, 1.165) is 25.7 Å². The molecule has 98 valence electrons. The number of hydrogen-bond acceptors (Lipinski definition) is 4. The minimum absolute atomic E-state index is 0.176. The van der Waals surface area contributed by atoms with Crippen LogP contribution in [0.4, 0.5) is 0 Å². The highest BCUT2D eigenvalue weighted by molar-refractivity contribution is 5.75. The summed E-state index contributed by atoms with van der Waals surface area (Å²) in [4.78, 5) is 14.3. The van der Waals surface area contributed by atoms with Crippen molar-refractivity contribution in [3.05, 3.63) is 0 Å². The van der Waals surface area contributed by atoms with E-state index in [9.17, 15) is 9.90 Å². The number of nitrogens with zero attached hydrogens (tertiary/aromatic N) is 1. The molecule has 2 bridgehead atoms. The van der Waals surface area contributed by atoms with E-state index in [4.69, 9.17) is 4.74 Å². The summed E-state index contributed by atoms with van der Waals surface area (Å²) < 4.78 is 4.90. The summed E-state index contributed by atoms with van der Waals surface area (Å²) in [5, 5.41) is 10.2. The van der Waals surface area contributed by atoms with Crippen LogP contribution in [0.5, 0.6) is 0 Å². The third-order valence-electron chi connectivity index (χ3n) is 4.78. The zero-order valence-corrected chi connectivity index (χ0v) is 11.0. The molecule has 4 nitrogen and oxygen atoms in total. The van der Waals surface area contributed by atoms with E-state index < -0.39 is 6.10 Å². The lowest BCUT2D eigenvalue weighted by Gasteiger charge is -2.49. The largest absolute Gasteiger partial charge is 0.469 e. The number of carbonyl (C=O) groups is 1. The Morgan fingerprint density at radius 1 is 1.59 bits per heavy atom. The number of ether oxygens (including phenoxy) is 1. The molecule has 2 heterocycles. The molecule has 1 N–H and O–H groups in total. The van der Waals surface area contributed by atoms with Crippen LogP contribution in [-0.2, 0) is 9.53 Å². The van der Waals surface area contributed by atoms with Crippen LogP contribution in [0.15, 0.2) is 0 Å². The van der Waals surface area contributed by atoms with Crippen LogP contribution in [-0.4, -0.2) is 47.8 Å². The molecule has 0 aromatic carbocycles. The third-order valence-corrected chi connectivity index (χ3v) is 4.78. The first-order valence-corrected chi connectivity index (χ1v) is 6.55. The molecule has 0 radical (unpaired) electrons. The first-order chi connectivity index (χ1) is 8.06. The molecule has 2 saturated heterocycles. The second-order valence-electron chi connectivity index (χ2n) is 5.46. The monoisotopic (exact) mass is 241 g/mol. The number of piperidine rings is 1. The molecule has 2 aliphatic heterocycles. The third kappa shape index (κ3) is 1.78.